The molecule has 1 amide bonds. The summed E-state index contributed by atoms with van der Waals surface area (Å²) in [6.07, 6.45) is 10.5. The van der Waals surface area contributed by atoms with E-state index in [1.165, 1.54) is 5.57 Å². The summed E-state index contributed by atoms with van der Waals surface area (Å²) >= 11 is 0. The Labute approximate surface area is 236 Å². The molecule has 39 heavy (non-hydrogen) atoms. The summed E-state index contributed by atoms with van der Waals surface area (Å²) in [7, 11) is 0. The van der Waals surface area contributed by atoms with E-state index < -0.39 is 22.5 Å². The highest BCUT2D eigenvalue weighted by Gasteiger charge is 2.71. The normalized spacial score (nSPS) is 53.0. The van der Waals surface area contributed by atoms with Crippen LogP contribution in [0.4, 0.5) is 0 Å². The minimum Gasteiger partial charge on any atom is -0.396 e. The van der Waals surface area contributed by atoms with Crippen molar-refractivity contribution >= 4 is 5.91 Å². The smallest absolute Gasteiger partial charge is 0.226 e. The maximum Gasteiger partial charge on any atom is 0.226 e. The van der Waals surface area contributed by atoms with Gasteiger partial charge in [-0.05, 0) is 105 Å². The first kappa shape index (κ1) is 29.5. The van der Waals surface area contributed by atoms with Crippen LogP contribution in [0.3, 0.4) is 0 Å². The highest BCUT2D eigenvalue weighted by atomic mass is 16.3. The van der Waals surface area contributed by atoms with Crippen LogP contribution < -0.4 is 5.32 Å². The number of aliphatic hydroxyl groups is 4. The molecule has 6 heteroatoms. The van der Waals surface area contributed by atoms with Crippen molar-refractivity contribution in [2.45, 2.75) is 117 Å². The molecule has 0 saturated heterocycles. The van der Waals surface area contributed by atoms with Crippen LogP contribution in [-0.2, 0) is 4.79 Å². The van der Waals surface area contributed by atoms with Crippen LogP contribution in [0.2, 0.25) is 0 Å². The van der Waals surface area contributed by atoms with E-state index in [1.54, 1.807) is 0 Å². The van der Waals surface area contributed by atoms with Gasteiger partial charge >= 0.3 is 0 Å². The van der Waals surface area contributed by atoms with E-state index in [0.29, 0.717) is 18.9 Å². The van der Waals surface area contributed by atoms with Crippen molar-refractivity contribution in [3.63, 3.8) is 0 Å². The van der Waals surface area contributed by atoms with Gasteiger partial charge < -0.3 is 25.7 Å². The van der Waals surface area contributed by atoms with Crippen molar-refractivity contribution in [3.05, 3.63) is 11.6 Å². The van der Waals surface area contributed by atoms with E-state index in [0.717, 1.165) is 57.8 Å². The molecule has 0 aromatic rings. The quantitative estimate of drug-likeness (QED) is 0.256. The summed E-state index contributed by atoms with van der Waals surface area (Å²) in [5.74, 6) is 0.633. The molecule has 5 rings (SSSR count). The minimum atomic E-state index is -0.977. The molecule has 0 aliphatic heterocycles. The van der Waals surface area contributed by atoms with Gasteiger partial charge in [-0.1, -0.05) is 46.3 Å². The summed E-state index contributed by atoms with van der Waals surface area (Å²) in [5, 5.41) is 46.1. The number of hydrogen-bond donors (Lipinski definition) is 5. The van der Waals surface area contributed by atoms with E-state index in [2.05, 4.69) is 46.0 Å². The van der Waals surface area contributed by atoms with Gasteiger partial charge in [-0.3, -0.25) is 4.79 Å². The molecule has 11 atom stereocenters. The summed E-state index contributed by atoms with van der Waals surface area (Å²) < 4.78 is 0. The Morgan fingerprint density at radius 1 is 0.974 bits per heavy atom. The largest absolute Gasteiger partial charge is 0.396 e. The van der Waals surface area contributed by atoms with Crippen LogP contribution in [0.5, 0.6) is 0 Å². The second-order valence-electron chi connectivity index (χ2n) is 15.6. The van der Waals surface area contributed by atoms with E-state index in [9.17, 15) is 25.2 Å². The second kappa shape index (κ2) is 9.54. The molecular formula is C33H55NO5. The molecule has 5 aliphatic rings. The number of rotatable bonds is 5. The van der Waals surface area contributed by atoms with Gasteiger partial charge in [0.25, 0.3) is 0 Å². The molecule has 0 unspecified atom stereocenters. The maximum absolute atomic E-state index is 14.0. The summed E-state index contributed by atoms with van der Waals surface area (Å²) in [5.41, 5.74) is -0.860. The Balaban J connectivity index is 1.59. The van der Waals surface area contributed by atoms with Gasteiger partial charge in [-0.15, -0.1) is 0 Å². The molecule has 4 fully saturated rings. The number of aliphatic hydroxyl groups excluding tert-OH is 3. The molecule has 0 spiro atoms. The highest BCUT2D eigenvalue weighted by Crippen LogP contribution is 2.76. The highest BCUT2D eigenvalue weighted by molar-refractivity contribution is 5.84. The Hall–Kier alpha value is -0.950. The first-order chi connectivity index (χ1) is 18.2. The summed E-state index contributed by atoms with van der Waals surface area (Å²) in [6.45, 7) is 14.1. The molecule has 5 N–H and O–H groups in total. The molecule has 0 heterocycles. The van der Waals surface area contributed by atoms with Crippen molar-refractivity contribution < 1.29 is 25.2 Å². The van der Waals surface area contributed by atoms with Gasteiger partial charge in [0.2, 0.25) is 5.91 Å². The third-order valence-electron chi connectivity index (χ3n) is 14.3. The van der Waals surface area contributed by atoms with Crippen LogP contribution in [0, 0.1) is 50.7 Å². The van der Waals surface area contributed by atoms with Gasteiger partial charge in [0.1, 0.15) is 0 Å². The Morgan fingerprint density at radius 3 is 2.36 bits per heavy atom. The standard InChI is InChI=1S/C33H55NO5/c1-21-10-15-33(27(38)34-18-7-19-35)17-16-30(4)22(26(33)32(21,6)39)8-9-24-28(2)13-12-25(37)29(3,20-36)23(28)11-14-31(24,30)5/h8,21,23-26,35-37,39H,7,9-20H2,1-6H3,(H,34,38)/t21-,23-,24-,25+,26-,28+,29+,30-,31-,32-,33+/m1/s1. The summed E-state index contributed by atoms with van der Waals surface area (Å²) in [4.78, 5) is 14.0. The number of fused-ring (bicyclic) bond motifs is 7. The van der Waals surface area contributed by atoms with Crippen LogP contribution in [0.15, 0.2) is 11.6 Å². The van der Waals surface area contributed by atoms with Gasteiger partial charge in [0, 0.05) is 24.5 Å². The number of carbonyl (C=O) groups is 1. The number of nitrogens with one attached hydrogen (secondary N) is 1. The van der Waals surface area contributed by atoms with Crippen molar-refractivity contribution in [2.24, 2.45) is 50.7 Å². The Morgan fingerprint density at radius 2 is 1.69 bits per heavy atom. The zero-order chi connectivity index (χ0) is 28.6. The molecular weight excluding hydrogens is 490 g/mol. The van der Waals surface area contributed by atoms with Gasteiger partial charge in [-0.25, -0.2) is 0 Å². The number of carbonyl (C=O) groups excluding carboxylic acids is 1. The Bertz CT molecular complexity index is 1010. The SMILES string of the molecule is C[C@@H]1CC[C@]2(C(=O)NCCCO)CC[C@]3(C)C(=CC[C@@H]4[C@@]5(C)CC[C@H](O)[C@@](C)(CO)[C@@H]5CC[C@]43C)[C@@H]2[C@]1(C)O. The van der Waals surface area contributed by atoms with Crippen LogP contribution in [0.1, 0.15) is 106 Å². The fraction of sp³-hybridized carbons (Fsp3) is 0.909. The van der Waals surface area contributed by atoms with Crippen molar-refractivity contribution in [1.82, 2.24) is 5.32 Å². The Kier molecular flexibility index (Phi) is 7.22. The molecule has 0 bridgehead atoms. The molecule has 6 nitrogen and oxygen atoms in total. The predicted octanol–water partition coefficient (Wildman–Crippen LogP) is 4.59. The van der Waals surface area contributed by atoms with E-state index in [4.69, 9.17) is 0 Å². The van der Waals surface area contributed by atoms with E-state index >= 15 is 0 Å². The summed E-state index contributed by atoms with van der Waals surface area (Å²) in [6, 6.07) is 0. The van der Waals surface area contributed by atoms with Gasteiger partial charge in [0.05, 0.1) is 23.7 Å². The fourth-order valence-corrected chi connectivity index (χ4v) is 11.4. The lowest BCUT2D eigenvalue weighted by Gasteiger charge is -2.72. The fourth-order valence-electron chi connectivity index (χ4n) is 11.4. The predicted molar refractivity (Wildman–Crippen MR) is 153 cm³/mol. The molecule has 5 aliphatic carbocycles. The van der Waals surface area contributed by atoms with E-state index in [-0.39, 0.29) is 53.1 Å². The lowest BCUT2D eigenvalue weighted by atomic mass is 9.33. The molecule has 0 radical (unpaired) electrons. The van der Waals surface area contributed by atoms with Crippen molar-refractivity contribution in [3.8, 4) is 0 Å². The minimum absolute atomic E-state index is 0.0112. The molecule has 0 aromatic heterocycles. The van der Waals surface area contributed by atoms with Crippen LogP contribution in [0.25, 0.3) is 0 Å². The first-order valence-corrected chi connectivity index (χ1v) is 15.8. The lowest BCUT2D eigenvalue weighted by molar-refractivity contribution is -0.222. The number of allylic oxidation sites excluding steroid dienone is 1. The maximum atomic E-state index is 14.0. The molecule has 0 aromatic carbocycles. The third kappa shape index (κ3) is 3.76. The lowest BCUT2D eigenvalue weighted by Crippen LogP contribution is -2.68. The van der Waals surface area contributed by atoms with Gasteiger partial charge in [0.15, 0.2) is 0 Å². The second-order valence-corrected chi connectivity index (χ2v) is 15.6. The third-order valence-corrected chi connectivity index (χ3v) is 14.3. The monoisotopic (exact) mass is 545 g/mol. The molecule has 222 valence electrons. The average Bonchev–Trinajstić information content (AvgIpc) is 2.89. The average molecular weight is 546 g/mol. The van der Waals surface area contributed by atoms with Crippen LogP contribution >= 0.6 is 0 Å². The van der Waals surface area contributed by atoms with Crippen LogP contribution in [-0.4, -0.2) is 57.8 Å². The van der Waals surface area contributed by atoms with Gasteiger partial charge in [-0.2, -0.15) is 0 Å². The zero-order valence-electron chi connectivity index (χ0n) is 25.4. The topological polar surface area (TPSA) is 110 Å². The number of hydrogen-bond acceptors (Lipinski definition) is 5. The zero-order valence-corrected chi connectivity index (χ0v) is 25.4. The van der Waals surface area contributed by atoms with Crippen molar-refractivity contribution in [1.29, 1.82) is 0 Å². The number of amides is 1. The molecule has 4 saturated carbocycles. The van der Waals surface area contributed by atoms with Crippen molar-refractivity contribution in [2.75, 3.05) is 19.8 Å². The van der Waals surface area contributed by atoms with E-state index in [1.807, 2.05) is 6.92 Å². The first-order valence-electron chi connectivity index (χ1n) is 15.8.